The monoisotopic (exact) mass is 290 g/mol. The molecule has 0 saturated carbocycles. The van der Waals surface area contributed by atoms with Gasteiger partial charge in [-0.15, -0.1) is 0 Å². The molecule has 1 saturated heterocycles. The molecule has 2 unspecified atom stereocenters. The molecule has 3 heteroatoms. The summed E-state index contributed by atoms with van der Waals surface area (Å²) in [5.41, 5.74) is 2.21. The van der Waals surface area contributed by atoms with Gasteiger partial charge in [0.1, 0.15) is 0 Å². The molecule has 1 aliphatic heterocycles. The molecule has 1 aromatic carbocycles. The fourth-order valence-corrected chi connectivity index (χ4v) is 3.13. The van der Waals surface area contributed by atoms with Crippen LogP contribution in [0.15, 0.2) is 24.3 Å². The lowest BCUT2D eigenvalue weighted by molar-refractivity contribution is 0.0445. The maximum atomic E-state index is 10.2. The van der Waals surface area contributed by atoms with E-state index in [2.05, 4.69) is 41.4 Å². The third kappa shape index (κ3) is 5.10. The van der Waals surface area contributed by atoms with Gasteiger partial charge in [-0.3, -0.25) is 0 Å². The van der Waals surface area contributed by atoms with Crippen molar-refractivity contribution in [2.45, 2.75) is 51.2 Å². The quantitative estimate of drug-likeness (QED) is 0.875. The Hall–Kier alpha value is -0.900. The third-order valence-corrected chi connectivity index (χ3v) is 4.72. The highest BCUT2D eigenvalue weighted by atomic mass is 16.3. The summed E-state index contributed by atoms with van der Waals surface area (Å²) < 4.78 is 0. The van der Waals surface area contributed by atoms with E-state index >= 15 is 0 Å². The van der Waals surface area contributed by atoms with Gasteiger partial charge < -0.3 is 15.3 Å². The van der Waals surface area contributed by atoms with Crippen LogP contribution in [-0.2, 0) is 0 Å². The molecule has 1 fully saturated rings. The van der Waals surface area contributed by atoms with Gasteiger partial charge in [-0.05, 0) is 65.2 Å². The second-order valence-corrected chi connectivity index (χ2v) is 6.73. The number of nitrogens with one attached hydrogen (secondary N) is 1. The molecule has 0 aromatic heterocycles. The topological polar surface area (TPSA) is 35.5 Å². The van der Waals surface area contributed by atoms with Crippen LogP contribution in [0.25, 0.3) is 0 Å². The van der Waals surface area contributed by atoms with Crippen LogP contribution in [0.2, 0.25) is 0 Å². The number of hydrogen-bond donors (Lipinski definition) is 2. The van der Waals surface area contributed by atoms with Gasteiger partial charge in [-0.1, -0.05) is 29.8 Å². The molecule has 1 heterocycles. The standard InChI is InChI=1S/C18H30N2O/c1-15-5-7-16(8-6-15)17(19-3)9-13-20-12-4-10-18(2,21)11-14-20/h5-8,17,19,21H,4,9-14H2,1-3H3. The van der Waals surface area contributed by atoms with Crippen molar-refractivity contribution in [1.29, 1.82) is 0 Å². The average molecular weight is 290 g/mol. The zero-order valence-corrected chi connectivity index (χ0v) is 13.7. The van der Waals surface area contributed by atoms with E-state index in [4.69, 9.17) is 0 Å². The van der Waals surface area contributed by atoms with Crippen molar-refractivity contribution in [3.63, 3.8) is 0 Å². The maximum absolute atomic E-state index is 10.2. The molecule has 118 valence electrons. The van der Waals surface area contributed by atoms with Crippen LogP contribution in [0.1, 0.15) is 49.8 Å². The fourth-order valence-electron chi connectivity index (χ4n) is 3.13. The summed E-state index contributed by atoms with van der Waals surface area (Å²) in [7, 11) is 2.04. The predicted molar refractivity (Wildman–Crippen MR) is 88.5 cm³/mol. The number of benzene rings is 1. The number of aliphatic hydroxyl groups is 1. The normalized spacial score (nSPS) is 25.5. The Kier molecular flexibility index (Phi) is 5.80. The number of hydrogen-bond acceptors (Lipinski definition) is 3. The molecule has 0 aliphatic carbocycles. The van der Waals surface area contributed by atoms with Gasteiger partial charge >= 0.3 is 0 Å². The minimum absolute atomic E-state index is 0.411. The zero-order valence-electron chi connectivity index (χ0n) is 13.7. The van der Waals surface area contributed by atoms with Gasteiger partial charge in [0.25, 0.3) is 0 Å². The molecule has 3 nitrogen and oxygen atoms in total. The van der Waals surface area contributed by atoms with Crippen molar-refractivity contribution < 1.29 is 5.11 Å². The molecule has 0 spiro atoms. The van der Waals surface area contributed by atoms with Crippen LogP contribution in [-0.4, -0.2) is 42.3 Å². The fraction of sp³-hybridized carbons (Fsp3) is 0.667. The van der Waals surface area contributed by atoms with Crippen molar-refractivity contribution in [1.82, 2.24) is 10.2 Å². The first-order chi connectivity index (χ1) is 10.00. The van der Waals surface area contributed by atoms with Crippen molar-refractivity contribution in [2.24, 2.45) is 0 Å². The lowest BCUT2D eigenvalue weighted by Crippen LogP contribution is -2.31. The number of rotatable bonds is 5. The first-order valence-corrected chi connectivity index (χ1v) is 8.19. The van der Waals surface area contributed by atoms with E-state index in [-0.39, 0.29) is 0 Å². The van der Waals surface area contributed by atoms with Gasteiger partial charge in [0.15, 0.2) is 0 Å². The van der Waals surface area contributed by atoms with Gasteiger partial charge in [0, 0.05) is 12.6 Å². The number of likely N-dealkylation sites (tertiary alicyclic amines) is 1. The maximum Gasteiger partial charge on any atom is 0.0632 e. The highest BCUT2D eigenvalue weighted by Gasteiger charge is 2.25. The van der Waals surface area contributed by atoms with Crippen LogP contribution < -0.4 is 5.32 Å². The lowest BCUT2D eigenvalue weighted by atomic mass is 9.98. The first-order valence-electron chi connectivity index (χ1n) is 8.19. The molecule has 2 N–H and O–H groups in total. The first kappa shape index (κ1) is 16.5. The van der Waals surface area contributed by atoms with Crippen molar-refractivity contribution in [2.75, 3.05) is 26.7 Å². The predicted octanol–water partition coefficient (Wildman–Crippen LogP) is 2.88. The molecule has 1 aromatic rings. The molecule has 2 atom stereocenters. The molecular formula is C18H30N2O. The number of nitrogens with zero attached hydrogens (tertiary/aromatic N) is 1. The van der Waals surface area contributed by atoms with Gasteiger partial charge in [-0.2, -0.15) is 0 Å². The largest absolute Gasteiger partial charge is 0.390 e. The van der Waals surface area contributed by atoms with Crippen LogP contribution in [0.5, 0.6) is 0 Å². The Morgan fingerprint density at radius 2 is 1.95 bits per heavy atom. The summed E-state index contributed by atoms with van der Waals surface area (Å²) in [6, 6.07) is 9.23. The summed E-state index contributed by atoms with van der Waals surface area (Å²) in [6.45, 7) is 7.31. The smallest absolute Gasteiger partial charge is 0.0632 e. The highest BCUT2D eigenvalue weighted by Crippen LogP contribution is 2.23. The van der Waals surface area contributed by atoms with Gasteiger partial charge in [0.2, 0.25) is 0 Å². The van der Waals surface area contributed by atoms with Crippen LogP contribution >= 0.6 is 0 Å². The summed E-state index contributed by atoms with van der Waals surface area (Å²) in [5.74, 6) is 0. The second kappa shape index (κ2) is 7.39. The molecule has 0 radical (unpaired) electrons. The Balaban J connectivity index is 1.87. The SMILES string of the molecule is CNC(CCN1CCCC(C)(O)CC1)c1ccc(C)cc1. The van der Waals surface area contributed by atoms with E-state index in [1.54, 1.807) is 0 Å². The van der Waals surface area contributed by atoms with E-state index < -0.39 is 5.60 Å². The minimum atomic E-state index is -0.464. The molecule has 21 heavy (non-hydrogen) atoms. The zero-order chi connectivity index (χ0) is 15.3. The molecule has 0 amide bonds. The second-order valence-electron chi connectivity index (χ2n) is 6.73. The van der Waals surface area contributed by atoms with Gasteiger partial charge in [-0.25, -0.2) is 0 Å². The molecule has 0 bridgehead atoms. The van der Waals surface area contributed by atoms with E-state index in [0.29, 0.717) is 6.04 Å². The average Bonchev–Trinajstić information content (AvgIpc) is 2.62. The van der Waals surface area contributed by atoms with E-state index in [0.717, 1.165) is 45.3 Å². The Morgan fingerprint density at radius 1 is 1.24 bits per heavy atom. The van der Waals surface area contributed by atoms with E-state index in [9.17, 15) is 5.11 Å². The Labute approximate surface area is 129 Å². The lowest BCUT2D eigenvalue weighted by Gasteiger charge is -2.25. The Bertz CT molecular complexity index is 427. The summed E-state index contributed by atoms with van der Waals surface area (Å²) in [5, 5.41) is 13.6. The highest BCUT2D eigenvalue weighted by molar-refractivity contribution is 5.24. The summed E-state index contributed by atoms with van der Waals surface area (Å²) >= 11 is 0. The summed E-state index contributed by atoms with van der Waals surface area (Å²) in [4.78, 5) is 2.50. The minimum Gasteiger partial charge on any atom is -0.390 e. The molecular weight excluding hydrogens is 260 g/mol. The summed E-state index contributed by atoms with van der Waals surface area (Å²) in [6.07, 6.45) is 4.03. The van der Waals surface area contributed by atoms with E-state index in [1.165, 1.54) is 11.1 Å². The van der Waals surface area contributed by atoms with Crippen LogP contribution in [0.3, 0.4) is 0 Å². The van der Waals surface area contributed by atoms with Crippen LogP contribution in [0, 0.1) is 6.92 Å². The number of aryl methyl sites for hydroxylation is 1. The van der Waals surface area contributed by atoms with Crippen LogP contribution in [0.4, 0.5) is 0 Å². The van der Waals surface area contributed by atoms with Crippen molar-refractivity contribution in [3.05, 3.63) is 35.4 Å². The molecule has 2 rings (SSSR count). The third-order valence-electron chi connectivity index (χ3n) is 4.72. The van der Waals surface area contributed by atoms with Crippen molar-refractivity contribution >= 4 is 0 Å². The van der Waals surface area contributed by atoms with Crippen molar-refractivity contribution in [3.8, 4) is 0 Å². The Morgan fingerprint density at radius 3 is 2.62 bits per heavy atom. The van der Waals surface area contributed by atoms with Gasteiger partial charge in [0.05, 0.1) is 5.60 Å². The van der Waals surface area contributed by atoms with E-state index in [1.807, 2.05) is 14.0 Å². The molecule has 1 aliphatic rings.